The number of hydrogen-bond donors (Lipinski definition) is 2. The van der Waals surface area contributed by atoms with E-state index < -0.39 is 0 Å². The van der Waals surface area contributed by atoms with Gasteiger partial charge < -0.3 is 5.43 Å². The zero-order valence-electron chi connectivity index (χ0n) is 6.61. The molecule has 13 heavy (non-hydrogen) atoms. The molecule has 0 fully saturated rings. The van der Waals surface area contributed by atoms with Crippen LogP contribution in [0.4, 0.5) is 5.69 Å². The number of benzene rings is 1. The van der Waals surface area contributed by atoms with Crippen molar-refractivity contribution in [1.29, 1.82) is 10.5 Å². The van der Waals surface area contributed by atoms with E-state index in [1.165, 1.54) is 0 Å². The molecule has 0 aliphatic carbocycles. The van der Waals surface area contributed by atoms with Crippen molar-refractivity contribution in [1.82, 2.24) is 0 Å². The van der Waals surface area contributed by atoms with Crippen molar-refractivity contribution in [3.8, 4) is 12.1 Å². The molecule has 1 aromatic rings. The molecule has 5 heteroatoms. The Kier molecular flexibility index (Phi) is 4.53. The number of hydrazine groups is 1. The summed E-state index contributed by atoms with van der Waals surface area (Å²) in [6, 6.07) is 8.67. The molecular formula is C8H7BrN4. The lowest BCUT2D eigenvalue weighted by molar-refractivity contribution is 1.32. The molecule has 0 amide bonds. The van der Waals surface area contributed by atoms with E-state index in [4.69, 9.17) is 16.4 Å². The second-order valence-electron chi connectivity index (χ2n) is 2.10. The second kappa shape index (κ2) is 5.15. The first kappa shape index (κ1) is 11.4. The molecule has 0 spiro atoms. The molecule has 0 unspecified atom stereocenters. The van der Waals surface area contributed by atoms with Gasteiger partial charge in [-0.1, -0.05) is 6.07 Å². The number of rotatable bonds is 1. The maximum Gasteiger partial charge on any atom is 0.103 e. The molecule has 0 saturated heterocycles. The van der Waals surface area contributed by atoms with E-state index in [-0.39, 0.29) is 22.5 Å². The van der Waals surface area contributed by atoms with Crippen LogP contribution in [0.25, 0.3) is 0 Å². The molecule has 1 rings (SSSR count). The van der Waals surface area contributed by atoms with E-state index >= 15 is 0 Å². The lowest BCUT2D eigenvalue weighted by Crippen LogP contribution is -2.08. The van der Waals surface area contributed by atoms with Crippen LogP contribution < -0.4 is 11.3 Å². The highest BCUT2D eigenvalue weighted by atomic mass is 79.9. The maximum atomic E-state index is 8.66. The summed E-state index contributed by atoms with van der Waals surface area (Å²) >= 11 is 0. The molecule has 0 saturated carbocycles. The lowest BCUT2D eigenvalue weighted by atomic mass is 10.1. The van der Waals surface area contributed by atoms with Gasteiger partial charge >= 0.3 is 0 Å². The SMILES string of the molecule is Br.N#Cc1cccc(NN)c1C#N. The van der Waals surface area contributed by atoms with Crippen molar-refractivity contribution in [2.75, 3.05) is 5.43 Å². The summed E-state index contributed by atoms with van der Waals surface area (Å²) in [4.78, 5) is 0. The molecule has 3 N–H and O–H groups in total. The highest BCUT2D eigenvalue weighted by Crippen LogP contribution is 2.16. The minimum Gasteiger partial charge on any atom is -0.323 e. The molecule has 4 nitrogen and oxygen atoms in total. The van der Waals surface area contributed by atoms with Crippen molar-refractivity contribution in [2.45, 2.75) is 0 Å². The molecule has 0 aromatic heterocycles. The van der Waals surface area contributed by atoms with Gasteiger partial charge in [-0.05, 0) is 12.1 Å². The third kappa shape index (κ3) is 2.19. The van der Waals surface area contributed by atoms with E-state index in [0.29, 0.717) is 11.3 Å². The predicted molar refractivity (Wildman–Crippen MR) is 54.0 cm³/mol. The monoisotopic (exact) mass is 238 g/mol. The van der Waals surface area contributed by atoms with Crippen molar-refractivity contribution < 1.29 is 0 Å². The van der Waals surface area contributed by atoms with Crippen molar-refractivity contribution >= 4 is 22.7 Å². The fourth-order valence-electron chi connectivity index (χ4n) is 0.886. The summed E-state index contributed by atoms with van der Waals surface area (Å²) in [6.07, 6.45) is 0. The minimum absolute atomic E-state index is 0. The smallest absolute Gasteiger partial charge is 0.103 e. The topological polar surface area (TPSA) is 85.6 Å². The van der Waals surface area contributed by atoms with E-state index in [0.717, 1.165) is 0 Å². The van der Waals surface area contributed by atoms with Crippen LogP contribution in [0, 0.1) is 22.7 Å². The second-order valence-corrected chi connectivity index (χ2v) is 2.10. The molecule has 0 atom stereocenters. The molecule has 0 bridgehead atoms. The number of anilines is 1. The quantitative estimate of drug-likeness (QED) is 0.571. The van der Waals surface area contributed by atoms with Crippen LogP contribution in [0.1, 0.15) is 11.1 Å². The van der Waals surface area contributed by atoms with Crippen LogP contribution >= 0.6 is 17.0 Å². The predicted octanol–water partition coefficient (Wildman–Crippen LogP) is 1.29. The summed E-state index contributed by atoms with van der Waals surface area (Å²) in [5, 5.41) is 17.3. The van der Waals surface area contributed by atoms with Crippen LogP contribution in [0.3, 0.4) is 0 Å². The summed E-state index contributed by atoms with van der Waals surface area (Å²) < 4.78 is 0. The van der Waals surface area contributed by atoms with E-state index in [2.05, 4.69) is 5.43 Å². The van der Waals surface area contributed by atoms with Gasteiger partial charge in [0, 0.05) is 0 Å². The van der Waals surface area contributed by atoms with Gasteiger partial charge in [0.2, 0.25) is 0 Å². The Labute approximate surface area is 86.3 Å². The first-order valence-electron chi connectivity index (χ1n) is 3.23. The summed E-state index contributed by atoms with van der Waals surface area (Å²) in [5.41, 5.74) is 3.42. The largest absolute Gasteiger partial charge is 0.323 e. The third-order valence-electron chi connectivity index (χ3n) is 1.45. The zero-order chi connectivity index (χ0) is 8.97. The van der Waals surface area contributed by atoms with Crippen LogP contribution in [0.5, 0.6) is 0 Å². The van der Waals surface area contributed by atoms with Gasteiger partial charge in [0.1, 0.15) is 12.1 Å². The molecule has 66 valence electrons. The van der Waals surface area contributed by atoms with Gasteiger partial charge in [-0.3, -0.25) is 5.84 Å². The standard InChI is InChI=1S/C8H6N4.BrH/c9-4-6-2-1-3-8(12-11)7(6)5-10;/h1-3,12H,11H2;1H. The Balaban J connectivity index is 0.00000144. The van der Waals surface area contributed by atoms with Gasteiger partial charge in [-0.25, -0.2) is 0 Å². The number of nitrogens with one attached hydrogen (secondary N) is 1. The Hall–Kier alpha value is -1.56. The minimum atomic E-state index is 0. The van der Waals surface area contributed by atoms with Crippen molar-refractivity contribution in [3.05, 3.63) is 29.3 Å². The summed E-state index contributed by atoms with van der Waals surface area (Å²) in [5.74, 6) is 5.14. The summed E-state index contributed by atoms with van der Waals surface area (Å²) in [6.45, 7) is 0. The first-order chi connectivity index (χ1) is 5.83. The van der Waals surface area contributed by atoms with Gasteiger partial charge in [0.25, 0.3) is 0 Å². The third-order valence-corrected chi connectivity index (χ3v) is 1.45. The molecule has 1 aromatic carbocycles. The van der Waals surface area contributed by atoms with E-state index in [1.807, 2.05) is 12.1 Å². The van der Waals surface area contributed by atoms with Gasteiger partial charge in [-0.15, -0.1) is 17.0 Å². The number of halogens is 1. The van der Waals surface area contributed by atoms with E-state index in [9.17, 15) is 0 Å². The lowest BCUT2D eigenvalue weighted by Gasteiger charge is -2.02. The average molecular weight is 239 g/mol. The highest BCUT2D eigenvalue weighted by Gasteiger charge is 2.04. The van der Waals surface area contributed by atoms with Crippen molar-refractivity contribution in [3.63, 3.8) is 0 Å². The zero-order valence-corrected chi connectivity index (χ0v) is 8.33. The number of nitrogen functional groups attached to an aromatic ring is 1. The Morgan fingerprint density at radius 1 is 1.23 bits per heavy atom. The van der Waals surface area contributed by atoms with Crippen LogP contribution in [0.2, 0.25) is 0 Å². The number of nitrogens with two attached hydrogens (primary N) is 1. The van der Waals surface area contributed by atoms with Gasteiger partial charge in [-0.2, -0.15) is 10.5 Å². The maximum absolute atomic E-state index is 8.66. The normalized spacial score (nSPS) is 7.62. The number of nitriles is 2. The van der Waals surface area contributed by atoms with Crippen LogP contribution in [-0.4, -0.2) is 0 Å². The van der Waals surface area contributed by atoms with E-state index in [1.54, 1.807) is 18.2 Å². The molecule has 0 heterocycles. The molecular weight excluding hydrogens is 232 g/mol. The van der Waals surface area contributed by atoms with Crippen LogP contribution in [0.15, 0.2) is 18.2 Å². The van der Waals surface area contributed by atoms with Crippen LogP contribution in [-0.2, 0) is 0 Å². The van der Waals surface area contributed by atoms with Crippen molar-refractivity contribution in [2.24, 2.45) is 5.84 Å². The van der Waals surface area contributed by atoms with Gasteiger partial charge in [0.15, 0.2) is 0 Å². The Morgan fingerprint density at radius 2 is 1.92 bits per heavy atom. The number of hydrogen-bond acceptors (Lipinski definition) is 4. The first-order valence-corrected chi connectivity index (χ1v) is 3.23. The fourth-order valence-corrected chi connectivity index (χ4v) is 0.886. The summed E-state index contributed by atoms with van der Waals surface area (Å²) in [7, 11) is 0. The number of nitrogens with zero attached hydrogens (tertiary/aromatic N) is 2. The van der Waals surface area contributed by atoms with Gasteiger partial charge in [0.05, 0.1) is 16.8 Å². The molecule has 0 aliphatic rings. The molecule has 0 aliphatic heterocycles. The average Bonchev–Trinajstić information content (AvgIpc) is 2.16. The Morgan fingerprint density at radius 3 is 2.38 bits per heavy atom. The highest BCUT2D eigenvalue weighted by molar-refractivity contribution is 8.93. The molecule has 0 radical (unpaired) electrons. The fraction of sp³-hybridized carbons (Fsp3) is 0. The Bertz CT molecular complexity index is 375.